The normalized spacial score (nSPS) is 10.4. The minimum atomic E-state index is 0.251. The Hall–Kier alpha value is -1.90. The van der Waals surface area contributed by atoms with Crippen LogP contribution < -0.4 is 11.1 Å². The van der Waals surface area contributed by atoms with Crippen LogP contribution in [0.5, 0.6) is 0 Å². The first-order valence-electron chi connectivity index (χ1n) is 6.56. The van der Waals surface area contributed by atoms with E-state index in [0.717, 1.165) is 19.4 Å². The van der Waals surface area contributed by atoms with E-state index in [2.05, 4.69) is 23.4 Å². The first kappa shape index (κ1) is 15.5. The summed E-state index contributed by atoms with van der Waals surface area (Å²) in [6.45, 7) is 2.82. The van der Waals surface area contributed by atoms with Gasteiger partial charge in [0.1, 0.15) is 17.5 Å². The van der Waals surface area contributed by atoms with Crippen molar-refractivity contribution in [2.45, 2.75) is 19.8 Å². The van der Waals surface area contributed by atoms with Crippen molar-refractivity contribution in [2.24, 2.45) is 0 Å². The summed E-state index contributed by atoms with van der Waals surface area (Å²) in [6, 6.07) is 7.09. The molecule has 1 aromatic heterocycles. The van der Waals surface area contributed by atoms with Crippen LogP contribution in [0, 0.1) is 11.3 Å². The van der Waals surface area contributed by atoms with Crippen molar-refractivity contribution in [1.29, 1.82) is 5.26 Å². The molecule has 0 spiro atoms. The van der Waals surface area contributed by atoms with Crippen molar-refractivity contribution in [3.05, 3.63) is 33.8 Å². The second-order valence-corrected chi connectivity index (χ2v) is 5.35. The van der Waals surface area contributed by atoms with Gasteiger partial charge in [-0.2, -0.15) is 5.26 Å². The fraction of sp³-hybridized carbons (Fsp3) is 0.286. The summed E-state index contributed by atoms with van der Waals surface area (Å²) in [4.78, 5) is 0. The van der Waals surface area contributed by atoms with Crippen LogP contribution in [0.25, 0.3) is 5.69 Å². The monoisotopic (exact) mass is 323 g/mol. The van der Waals surface area contributed by atoms with Gasteiger partial charge in [0.05, 0.1) is 10.7 Å². The van der Waals surface area contributed by atoms with E-state index in [4.69, 9.17) is 28.9 Å². The van der Waals surface area contributed by atoms with Crippen molar-refractivity contribution in [3.8, 4) is 11.8 Å². The minimum absolute atomic E-state index is 0.251. The highest BCUT2D eigenvalue weighted by molar-refractivity contribution is 6.35. The highest BCUT2D eigenvalue weighted by Gasteiger charge is 2.17. The molecule has 0 aliphatic rings. The molecular weight excluding hydrogens is 309 g/mol. The standard InChI is InChI=1S/C14H15Cl2N5/c1-2-3-6-19-14-10(8-17)13(18)21(20-14)12-5-4-9(15)7-11(12)16/h4-5,7H,2-3,6,18H2,1H3,(H,19,20). The number of nitriles is 1. The summed E-state index contributed by atoms with van der Waals surface area (Å²) in [5.41, 5.74) is 6.90. The van der Waals surface area contributed by atoms with E-state index in [1.54, 1.807) is 18.2 Å². The molecule has 0 saturated carbocycles. The van der Waals surface area contributed by atoms with Gasteiger partial charge in [0, 0.05) is 11.6 Å². The van der Waals surface area contributed by atoms with Gasteiger partial charge in [0.2, 0.25) is 0 Å². The number of hydrogen-bond donors (Lipinski definition) is 2. The van der Waals surface area contributed by atoms with Crippen LogP contribution in [-0.2, 0) is 0 Å². The third-order valence-corrected chi connectivity index (χ3v) is 3.53. The summed E-state index contributed by atoms with van der Waals surface area (Å²) in [7, 11) is 0. The van der Waals surface area contributed by atoms with E-state index in [1.165, 1.54) is 4.68 Å². The number of nitrogens with zero attached hydrogens (tertiary/aromatic N) is 3. The third-order valence-electron chi connectivity index (χ3n) is 2.99. The Balaban J connectivity index is 2.43. The maximum atomic E-state index is 9.25. The number of aromatic nitrogens is 2. The fourth-order valence-electron chi connectivity index (χ4n) is 1.89. The largest absolute Gasteiger partial charge is 0.382 e. The molecule has 1 aromatic carbocycles. The van der Waals surface area contributed by atoms with Gasteiger partial charge in [-0.05, 0) is 24.6 Å². The molecule has 0 aliphatic heterocycles. The molecule has 0 aliphatic carbocycles. The van der Waals surface area contributed by atoms with Gasteiger partial charge < -0.3 is 11.1 Å². The number of halogens is 2. The molecule has 0 saturated heterocycles. The maximum absolute atomic E-state index is 9.25. The Kier molecular flexibility index (Phi) is 4.94. The fourth-order valence-corrected chi connectivity index (χ4v) is 2.37. The average Bonchev–Trinajstić information content (AvgIpc) is 2.75. The van der Waals surface area contributed by atoms with Gasteiger partial charge in [0.15, 0.2) is 5.82 Å². The second kappa shape index (κ2) is 6.70. The van der Waals surface area contributed by atoms with Crippen LogP contribution in [0.4, 0.5) is 11.6 Å². The van der Waals surface area contributed by atoms with Gasteiger partial charge >= 0.3 is 0 Å². The van der Waals surface area contributed by atoms with E-state index in [0.29, 0.717) is 27.1 Å². The first-order chi connectivity index (χ1) is 10.1. The Morgan fingerprint density at radius 2 is 2.19 bits per heavy atom. The number of rotatable bonds is 5. The highest BCUT2D eigenvalue weighted by atomic mass is 35.5. The molecule has 5 nitrogen and oxygen atoms in total. The quantitative estimate of drug-likeness (QED) is 0.819. The summed E-state index contributed by atoms with van der Waals surface area (Å²) in [5, 5.41) is 17.7. The summed E-state index contributed by atoms with van der Waals surface area (Å²) in [5.74, 6) is 0.718. The molecule has 0 fully saturated rings. The van der Waals surface area contributed by atoms with E-state index in [-0.39, 0.29) is 5.82 Å². The smallest absolute Gasteiger partial charge is 0.168 e. The topological polar surface area (TPSA) is 79.7 Å². The molecule has 0 amide bonds. The van der Waals surface area contributed by atoms with Crippen LogP contribution in [0.2, 0.25) is 10.0 Å². The number of hydrogen-bond acceptors (Lipinski definition) is 4. The summed E-state index contributed by atoms with van der Waals surface area (Å²) >= 11 is 12.0. The Bertz CT molecular complexity index is 687. The van der Waals surface area contributed by atoms with Crippen LogP contribution in [0.15, 0.2) is 18.2 Å². The third kappa shape index (κ3) is 3.23. The van der Waals surface area contributed by atoms with Gasteiger partial charge in [-0.15, -0.1) is 5.10 Å². The lowest BCUT2D eigenvalue weighted by Crippen LogP contribution is -2.04. The SMILES string of the molecule is CCCCNc1nn(-c2ccc(Cl)cc2Cl)c(N)c1C#N. The van der Waals surface area contributed by atoms with E-state index >= 15 is 0 Å². The number of benzene rings is 1. The molecule has 0 bridgehead atoms. The molecule has 2 rings (SSSR count). The minimum Gasteiger partial charge on any atom is -0.382 e. The number of unbranched alkanes of at least 4 members (excludes halogenated alkanes) is 1. The predicted octanol–water partition coefficient (Wildman–Crippen LogP) is 3.84. The number of nitrogen functional groups attached to an aromatic ring is 1. The summed E-state index contributed by atoms with van der Waals surface area (Å²) in [6.07, 6.45) is 2.04. The van der Waals surface area contributed by atoms with Crippen molar-refractivity contribution in [1.82, 2.24) is 9.78 Å². The number of nitrogens with one attached hydrogen (secondary N) is 1. The zero-order chi connectivity index (χ0) is 15.4. The molecule has 110 valence electrons. The van der Waals surface area contributed by atoms with Crippen LogP contribution in [0.1, 0.15) is 25.3 Å². The Labute approximate surface area is 133 Å². The Morgan fingerprint density at radius 3 is 2.81 bits per heavy atom. The molecule has 0 unspecified atom stereocenters. The van der Waals surface area contributed by atoms with Crippen molar-refractivity contribution >= 4 is 34.8 Å². The first-order valence-corrected chi connectivity index (χ1v) is 7.32. The van der Waals surface area contributed by atoms with Gasteiger partial charge in [-0.3, -0.25) is 0 Å². The molecule has 3 N–H and O–H groups in total. The van der Waals surface area contributed by atoms with Crippen LogP contribution in [0.3, 0.4) is 0 Å². The van der Waals surface area contributed by atoms with Crippen molar-refractivity contribution in [3.63, 3.8) is 0 Å². The van der Waals surface area contributed by atoms with E-state index in [9.17, 15) is 5.26 Å². The molecule has 2 aromatic rings. The lowest BCUT2D eigenvalue weighted by atomic mass is 10.3. The van der Waals surface area contributed by atoms with Gasteiger partial charge in [-0.1, -0.05) is 36.5 Å². The van der Waals surface area contributed by atoms with E-state index < -0.39 is 0 Å². The molecule has 0 radical (unpaired) electrons. The van der Waals surface area contributed by atoms with Crippen LogP contribution in [-0.4, -0.2) is 16.3 Å². The lowest BCUT2D eigenvalue weighted by molar-refractivity contribution is 0.822. The number of nitrogens with two attached hydrogens (primary N) is 1. The molecule has 0 atom stereocenters. The zero-order valence-electron chi connectivity index (χ0n) is 11.5. The molecule has 7 heteroatoms. The second-order valence-electron chi connectivity index (χ2n) is 4.51. The lowest BCUT2D eigenvalue weighted by Gasteiger charge is -2.06. The number of anilines is 2. The maximum Gasteiger partial charge on any atom is 0.168 e. The van der Waals surface area contributed by atoms with Crippen LogP contribution >= 0.6 is 23.2 Å². The van der Waals surface area contributed by atoms with E-state index in [1.807, 2.05) is 0 Å². The predicted molar refractivity (Wildman–Crippen MR) is 86.1 cm³/mol. The molecular formula is C14H15Cl2N5. The summed E-state index contributed by atoms with van der Waals surface area (Å²) < 4.78 is 1.45. The zero-order valence-corrected chi connectivity index (χ0v) is 13.0. The van der Waals surface area contributed by atoms with Crippen molar-refractivity contribution in [2.75, 3.05) is 17.6 Å². The molecule has 21 heavy (non-hydrogen) atoms. The highest BCUT2D eigenvalue weighted by Crippen LogP contribution is 2.29. The average molecular weight is 324 g/mol. The molecule has 1 heterocycles. The van der Waals surface area contributed by atoms with Crippen molar-refractivity contribution < 1.29 is 0 Å². The van der Waals surface area contributed by atoms with Gasteiger partial charge in [0.25, 0.3) is 0 Å². The Morgan fingerprint density at radius 1 is 1.43 bits per heavy atom. The van der Waals surface area contributed by atoms with Gasteiger partial charge in [-0.25, -0.2) is 4.68 Å².